The van der Waals surface area contributed by atoms with Crippen LogP contribution >= 0.6 is 23.1 Å². The number of hydrogen-bond donors (Lipinski definition) is 0. The summed E-state index contributed by atoms with van der Waals surface area (Å²) < 4.78 is 15.4. The van der Waals surface area contributed by atoms with Crippen LogP contribution in [0.5, 0.6) is 0 Å². The molecule has 3 aliphatic rings. The molecular weight excluding hydrogens is 505 g/mol. The molecule has 1 aliphatic carbocycles. The maximum Gasteiger partial charge on any atom is 0.0774 e. The standard InChI is InChI=1S/C28H37BrN3OP/c1-28(2)23-13-7-10-16-26(23)31(3)27(28)21-34(22-11-5-4-6-12-22,32-17-19-33-20-18-32)30-25-15-9-8-14-24(25)29/h7-10,13-16,21-22H,4-6,11-12,17-20H2,1-3H3/b27-21-/t34-/m0/s1. The molecule has 182 valence electrons. The van der Waals surface area contributed by atoms with Crippen molar-refractivity contribution in [1.82, 2.24) is 4.67 Å². The van der Waals surface area contributed by atoms with Crippen LogP contribution in [0.15, 0.2) is 69.3 Å². The van der Waals surface area contributed by atoms with Crippen molar-refractivity contribution in [3.05, 3.63) is 70.1 Å². The minimum absolute atomic E-state index is 0.0546. The van der Waals surface area contributed by atoms with Gasteiger partial charge in [-0.3, -0.25) is 4.67 Å². The summed E-state index contributed by atoms with van der Waals surface area (Å²) in [6.07, 6.45) is 6.50. The third-order valence-electron chi connectivity index (χ3n) is 7.93. The number of likely N-dealkylation sites (N-methyl/N-ethyl adjacent to an activating group) is 1. The Kier molecular flexibility index (Phi) is 7.10. The van der Waals surface area contributed by atoms with Gasteiger partial charge in [0.15, 0.2) is 0 Å². The number of allylic oxidation sites excluding steroid dienone is 1. The quantitative estimate of drug-likeness (QED) is 0.365. The molecule has 0 amide bonds. The highest BCUT2D eigenvalue weighted by Crippen LogP contribution is 2.67. The molecule has 2 aromatic rings. The van der Waals surface area contributed by atoms with E-state index in [0.717, 1.165) is 36.5 Å². The molecule has 0 spiro atoms. The zero-order valence-electron chi connectivity index (χ0n) is 20.7. The first-order valence-electron chi connectivity index (χ1n) is 12.7. The minimum Gasteiger partial charge on any atom is -0.379 e. The van der Waals surface area contributed by atoms with Gasteiger partial charge in [0, 0.05) is 47.1 Å². The van der Waals surface area contributed by atoms with Gasteiger partial charge in [-0.2, -0.15) is 0 Å². The summed E-state index contributed by atoms with van der Waals surface area (Å²) in [7, 11) is 0.197. The van der Waals surface area contributed by atoms with E-state index in [0.29, 0.717) is 5.66 Å². The van der Waals surface area contributed by atoms with Crippen LogP contribution in [0.3, 0.4) is 0 Å². The average Bonchev–Trinajstić information content (AvgIpc) is 3.06. The number of fused-ring (bicyclic) bond motifs is 1. The summed E-state index contributed by atoms with van der Waals surface area (Å²) in [5.41, 5.74) is 5.75. The highest BCUT2D eigenvalue weighted by Gasteiger charge is 2.43. The maximum atomic E-state index is 5.83. The monoisotopic (exact) mass is 541 g/mol. The molecule has 2 fully saturated rings. The summed E-state index contributed by atoms with van der Waals surface area (Å²) in [5, 5.41) is 0. The second-order valence-electron chi connectivity index (χ2n) is 10.3. The van der Waals surface area contributed by atoms with Gasteiger partial charge in [-0.15, -0.1) is 0 Å². The Morgan fingerprint density at radius 2 is 1.68 bits per heavy atom. The molecule has 1 saturated carbocycles. The van der Waals surface area contributed by atoms with Crippen LogP contribution in [0.1, 0.15) is 51.5 Å². The average molecular weight is 543 g/mol. The Bertz CT molecular complexity index is 1090. The normalized spacial score (nSPS) is 24.1. The number of ether oxygens (including phenoxy) is 1. The summed E-state index contributed by atoms with van der Waals surface area (Å²) in [6, 6.07) is 17.4. The van der Waals surface area contributed by atoms with Crippen molar-refractivity contribution in [2.75, 3.05) is 38.3 Å². The van der Waals surface area contributed by atoms with Crippen LogP contribution in [0, 0.1) is 0 Å². The number of anilines is 1. The van der Waals surface area contributed by atoms with Gasteiger partial charge in [0.05, 0.1) is 26.1 Å². The van der Waals surface area contributed by atoms with E-state index in [1.165, 1.54) is 49.1 Å². The van der Waals surface area contributed by atoms with Crippen molar-refractivity contribution >= 4 is 34.5 Å². The first kappa shape index (κ1) is 24.3. The van der Waals surface area contributed by atoms with E-state index in [9.17, 15) is 0 Å². The van der Waals surface area contributed by atoms with Crippen LogP contribution in [0.25, 0.3) is 0 Å². The lowest BCUT2D eigenvalue weighted by molar-refractivity contribution is 0.0738. The van der Waals surface area contributed by atoms with Gasteiger partial charge in [0.2, 0.25) is 0 Å². The smallest absolute Gasteiger partial charge is 0.0774 e. The van der Waals surface area contributed by atoms with Crippen molar-refractivity contribution in [1.29, 1.82) is 0 Å². The first-order valence-corrected chi connectivity index (χ1v) is 15.3. The second-order valence-corrected chi connectivity index (χ2v) is 14.3. The Morgan fingerprint density at radius 3 is 2.38 bits per heavy atom. The molecule has 6 heteroatoms. The van der Waals surface area contributed by atoms with E-state index in [2.05, 4.69) is 101 Å². The summed E-state index contributed by atoms with van der Waals surface area (Å²) in [4.78, 5) is 2.43. The lowest BCUT2D eigenvalue weighted by Crippen LogP contribution is -2.37. The number of nitrogens with zero attached hydrogens (tertiary/aromatic N) is 3. The van der Waals surface area contributed by atoms with E-state index < -0.39 is 7.21 Å². The number of morpholine rings is 1. The number of halogens is 1. The highest BCUT2D eigenvalue weighted by atomic mass is 79.9. The molecule has 1 atom stereocenters. The largest absolute Gasteiger partial charge is 0.379 e. The van der Waals surface area contributed by atoms with E-state index in [-0.39, 0.29) is 5.41 Å². The van der Waals surface area contributed by atoms with Crippen molar-refractivity contribution in [2.24, 2.45) is 4.74 Å². The van der Waals surface area contributed by atoms with E-state index in [4.69, 9.17) is 9.48 Å². The van der Waals surface area contributed by atoms with Crippen LogP contribution in [0.2, 0.25) is 0 Å². The Morgan fingerprint density at radius 1 is 1.00 bits per heavy atom. The van der Waals surface area contributed by atoms with Crippen LogP contribution in [0.4, 0.5) is 11.4 Å². The van der Waals surface area contributed by atoms with E-state index >= 15 is 0 Å². The van der Waals surface area contributed by atoms with Crippen molar-refractivity contribution in [3.8, 4) is 0 Å². The molecule has 4 nitrogen and oxygen atoms in total. The molecule has 0 N–H and O–H groups in total. The fourth-order valence-electron chi connectivity index (χ4n) is 6.04. The zero-order valence-corrected chi connectivity index (χ0v) is 23.2. The number of benzene rings is 2. The molecule has 2 aromatic carbocycles. The lowest BCUT2D eigenvalue weighted by atomic mass is 9.84. The van der Waals surface area contributed by atoms with Gasteiger partial charge in [0.1, 0.15) is 0 Å². The zero-order chi connectivity index (χ0) is 23.8. The molecule has 0 bridgehead atoms. The molecular formula is C28H37BrN3OP. The van der Waals surface area contributed by atoms with Gasteiger partial charge in [-0.05, 0) is 58.4 Å². The third-order valence-corrected chi connectivity index (χ3v) is 12.7. The summed E-state index contributed by atoms with van der Waals surface area (Å²) in [6.45, 7) is 8.27. The van der Waals surface area contributed by atoms with Crippen LogP contribution < -0.4 is 4.90 Å². The fraction of sp³-hybridized carbons (Fsp3) is 0.500. The van der Waals surface area contributed by atoms with E-state index in [1.807, 2.05) is 0 Å². The van der Waals surface area contributed by atoms with Gasteiger partial charge >= 0.3 is 0 Å². The molecule has 1 saturated heterocycles. The molecule has 0 unspecified atom stereocenters. The highest BCUT2D eigenvalue weighted by molar-refractivity contribution is 9.10. The molecule has 34 heavy (non-hydrogen) atoms. The molecule has 0 aromatic heterocycles. The predicted molar refractivity (Wildman–Crippen MR) is 148 cm³/mol. The van der Waals surface area contributed by atoms with Crippen molar-refractivity contribution in [2.45, 2.75) is 57.0 Å². The first-order chi connectivity index (χ1) is 16.4. The third kappa shape index (κ3) is 4.34. The Hall–Kier alpha value is -1.39. The number of rotatable bonds is 4. The number of para-hydroxylation sites is 1. The summed E-state index contributed by atoms with van der Waals surface area (Å²) >= 11 is 3.82. The topological polar surface area (TPSA) is 28.1 Å². The predicted octanol–water partition coefficient (Wildman–Crippen LogP) is 8.13. The lowest BCUT2D eigenvalue weighted by Gasteiger charge is -2.44. The molecule has 2 heterocycles. The van der Waals surface area contributed by atoms with E-state index in [1.54, 1.807) is 0 Å². The van der Waals surface area contributed by atoms with Crippen molar-refractivity contribution in [3.63, 3.8) is 0 Å². The van der Waals surface area contributed by atoms with Gasteiger partial charge < -0.3 is 9.64 Å². The molecule has 2 aliphatic heterocycles. The fourth-order valence-corrected chi connectivity index (χ4v) is 11.0. The maximum absolute atomic E-state index is 5.83. The van der Waals surface area contributed by atoms with Gasteiger partial charge in [-0.25, -0.2) is 4.74 Å². The minimum atomic E-state index is -2.05. The summed E-state index contributed by atoms with van der Waals surface area (Å²) in [5.74, 6) is 2.66. The Balaban J connectivity index is 1.76. The molecule has 5 rings (SSSR count). The van der Waals surface area contributed by atoms with Crippen LogP contribution in [-0.2, 0) is 10.2 Å². The SMILES string of the molecule is CN1/C(=C\[P@@](=Nc2ccccc2Br)(C2CCCCC2)N2CCOCC2)C(C)(C)c2ccccc21. The number of hydrogen-bond acceptors (Lipinski definition) is 3. The van der Waals surface area contributed by atoms with Crippen LogP contribution in [-0.4, -0.2) is 43.7 Å². The van der Waals surface area contributed by atoms with Gasteiger partial charge in [-0.1, -0.05) is 63.4 Å². The second kappa shape index (κ2) is 9.93. The van der Waals surface area contributed by atoms with Crippen molar-refractivity contribution < 1.29 is 4.74 Å². The Labute approximate surface area is 213 Å². The van der Waals surface area contributed by atoms with Gasteiger partial charge in [0.25, 0.3) is 0 Å². The molecule has 0 radical (unpaired) electrons.